The predicted molar refractivity (Wildman–Crippen MR) is 129 cm³/mol. The molecular weight excluding hydrogens is 447 g/mol. The summed E-state index contributed by atoms with van der Waals surface area (Å²) in [6.07, 6.45) is 1.48. The highest BCUT2D eigenvalue weighted by Gasteiger charge is 2.13. The van der Waals surface area contributed by atoms with E-state index in [2.05, 4.69) is 10.6 Å². The van der Waals surface area contributed by atoms with Crippen LogP contribution in [0.25, 0.3) is 0 Å². The Bertz CT molecular complexity index is 1060. The molecule has 0 aliphatic carbocycles. The van der Waals surface area contributed by atoms with Crippen molar-refractivity contribution in [3.05, 3.63) is 94.0 Å². The summed E-state index contributed by atoms with van der Waals surface area (Å²) in [5.41, 5.74) is 2.06. The number of carbonyl (C=O) groups excluding carboxylic acids is 2. The summed E-state index contributed by atoms with van der Waals surface area (Å²) in [4.78, 5) is 25.0. The molecule has 0 fully saturated rings. The van der Waals surface area contributed by atoms with Crippen LogP contribution < -0.4 is 15.4 Å². The average molecular weight is 471 g/mol. The van der Waals surface area contributed by atoms with Gasteiger partial charge in [0.2, 0.25) is 5.91 Å². The molecule has 0 saturated carbocycles. The van der Waals surface area contributed by atoms with Crippen LogP contribution in [0.3, 0.4) is 0 Å². The summed E-state index contributed by atoms with van der Waals surface area (Å²) in [5.74, 6) is 0.104. The molecule has 166 valence electrons. The van der Waals surface area contributed by atoms with Crippen LogP contribution in [0.5, 0.6) is 5.75 Å². The van der Waals surface area contributed by atoms with Crippen LogP contribution in [0.1, 0.15) is 28.8 Å². The number of nitrogens with one attached hydrogen (secondary N) is 2. The Balaban J connectivity index is 1.46. The van der Waals surface area contributed by atoms with E-state index in [1.54, 1.807) is 42.5 Å². The number of hydrogen-bond donors (Lipinski definition) is 2. The first kappa shape index (κ1) is 23.6. The fourth-order valence-electron chi connectivity index (χ4n) is 3.07. The van der Waals surface area contributed by atoms with E-state index in [1.165, 1.54) is 0 Å². The number of para-hydroxylation sites is 1. The van der Waals surface area contributed by atoms with Gasteiger partial charge in [0.15, 0.2) is 0 Å². The standard InChI is InChI=1S/C25H24Cl2N2O3/c26-19-12-13-23(21(27)17-19)32-16-6-11-24(30)29-22-10-5-4-9-20(22)25(31)28-15-14-18-7-2-1-3-8-18/h1-5,7-10,12-13,17H,6,11,14-16H2,(H,28,31)(H,29,30). The molecule has 0 radical (unpaired) electrons. The molecule has 0 bridgehead atoms. The Kier molecular flexibility index (Phi) is 8.96. The lowest BCUT2D eigenvalue weighted by Crippen LogP contribution is -2.27. The summed E-state index contributed by atoms with van der Waals surface area (Å²) in [6, 6.07) is 21.9. The maximum atomic E-state index is 12.6. The van der Waals surface area contributed by atoms with E-state index in [0.717, 1.165) is 12.0 Å². The van der Waals surface area contributed by atoms with E-state index < -0.39 is 0 Å². The maximum absolute atomic E-state index is 12.6. The number of amides is 2. The summed E-state index contributed by atoms with van der Waals surface area (Å²) >= 11 is 11.9. The minimum absolute atomic E-state index is 0.194. The molecule has 32 heavy (non-hydrogen) atoms. The molecule has 0 heterocycles. The van der Waals surface area contributed by atoms with Crippen LogP contribution in [0, 0.1) is 0 Å². The van der Waals surface area contributed by atoms with Gasteiger partial charge in [0.05, 0.1) is 22.9 Å². The minimum atomic E-state index is -0.224. The van der Waals surface area contributed by atoms with Crippen LogP contribution >= 0.6 is 23.2 Å². The van der Waals surface area contributed by atoms with Crippen molar-refractivity contribution in [2.24, 2.45) is 0 Å². The summed E-state index contributed by atoms with van der Waals surface area (Å²) in [6.45, 7) is 0.839. The lowest BCUT2D eigenvalue weighted by Gasteiger charge is -2.12. The van der Waals surface area contributed by atoms with Gasteiger partial charge in [-0.1, -0.05) is 65.7 Å². The van der Waals surface area contributed by atoms with Crippen molar-refractivity contribution in [1.82, 2.24) is 5.32 Å². The van der Waals surface area contributed by atoms with Gasteiger partial charge < -0.3 is 15.4 Å². The van der Waals surface area contributed by atoms with Crippen LogP contribution in [-0.4, -0.2) is 25.0 Å². The van der Waals surface area contributed by atoms with Gasteiger partial charge in [-0.2, -0.15) is 0 Å². The van der Waals surface area contributed by atoms with E-state index in [0.29, 0.717) is 46.6 Å². The van der Waals surface area contributed by atoms with Gasteiger partial charge in [-0.05, 0) is 48.7 Å². The van der Waals surface area contributed by atoms with Crippen molar-refractivity contribution >= 4 is 40.7 Å². The highest BCUT2D eigenvalue weighted by Crippen LogP contribution is 2.27. The van der Waals surface area contributed by atoms with Gasteiger partial charge in [-0.3, -0.25) is 9.59 Å². The molecule has 2 amide bonds. The molecule has 2 N–H and O–H groups in total. The zero-order chi connectivity index (χ0) is 22.8. The van der Waals surface area contributed by atoms with Gasteiger partial charge in [0.1, 0.15) is 5.75 Å². The van der Waals surface area contributed by atoms with Gasteiger partial charge in [0.25, 0.3) is 5.91 Å². The van der Waals surface area contributed by atoms with Crippen molar-refractivity contribution in [3.63, 3.8) is 0 Å². The van der Waals surface area contributed by atoms with E-state index in [9.17, 15) is 9.59 Å². The first-order valence-electron chi connectivity index (χ1n) is 10.3. The molecule has 0 unspecified atom stereocenters. The highest BCUT2D eigenvalue weighted by atomic mass is 35.5. The van der Waals surface area contributed by atoms with Gasteiger partial charge in [0, 0.05) is 18.0 Å². The molecule has 3 rings (SSSR count). The van der Waals surface area contributed by atoms with Gasteiger partial charge in [-0.25, -0.2) is 0 Å². The number of hydrogen-bond acceptors (Lipinski definition) is 3. The zero-order valence-corrected chi connectivity index (χ0v) is 19.0. The average Bonchev–Trinajstić information content (AvgIpc) is 2.79. The number of benzene rings is 3. The predicted octanol–water partition coefficient (Wildman–Crippen LogP) is 5.76. The summed E-state index contributed by atoms with van der Waals surface area (Å²) < 4.78 is 5.60. The second-order valence-electron chi connectivity index (χ2n) is 7.11. The Hall–Kier alpha value is -3.02. The summed E-state index contributed by atoms with van der Waals surface area (Å²) in [7, 11) is 0. The Morgan fingerprint density at radius 3 is 2.44 bits per heavy atom. The number of halogens is 2. The van der Waals surface area contributed by atoms with E-state index in [1.807, 2.05) is 30.3 Å². The third-order valence-corrected chi connectivity index (χ3v) is 5.22. The number of rotatable bonds is 10. The highest BCUT2D eigenvalue weighted by molar-refractivity contribution is 6.35. The van der Waals surface area contributed by atoms with Crippen LogP contribution in [0.15, 0.2) is 72.8 Å². The molecule has 5 nitrogen and oxygen atoms in total. The van der Waals surface area contributed by atoms with Crippen molar-refractivity contribution < 1.29 is 14.3 Å². The maximum Gasteiger partial charge on any atom is 0.253 e. The van der Waals surface area contributed by atoms with Gasteiger partial charge >= 0.3 is 0 Å². The van der Waals surface area contributed by atoms with Crippen molar-refractivity contribution in [1.29, 1.82) is 0 Å². The van der Waals surface area contributed by atoms with E-state index in [4.69, 9.17) is 27.9 Å². The van der Waals surface area contributed by atoms with Gasteiger partial charge in [-0.15, -0.1) is 0 Å². The largest absolute Gasteiger partial charge is 0.492 e. The Morgan fingerprint density at radius 1 is 0.906 bits per heavy atom. The summed E-state index contributed by atoms with van der Waals surface area (Å²) in [5, 5.41) is 6.68. The zero-order valence-electron chi connectivity index (χ0n) is 17.4. The Morgan fingerprint density at radius 2 is 1.66 bits per heavy atom. The first-order chi connectivity index (χ1) is 15.5. The van der Waals surface area contributed by atoms with E-state index in [-0.39, 0.29) is 18.2 Å². The first-order valence-corrected chi connectivity index (χ1v) is 11.1. The molecule has 0 atom stereocenters. The lowest BCUT2D eigenvalue weighted by atomic mass is 10.1. The lowest BCUT2D eigenvalue weighted by molar-refractivity contribution is -0.116. The SMILES string of the molecule is O=C(CCCOc1ccc(Cl)cc1Cl)Nc1ccccc1C(=O)NCCc1ccccc1. The molecule has 0 aromatic heterocycles. The number of ether oxygens (including phenoxy) is 1. The normalized spacial score (nSPS) is 10.4. The smallest absolute Gasteiger partial charge is 0.253 e. The molecule has 3 aromatic carbocycles. The Labute approximate surface area is 197 Å². The monoisotopic (exact) mass is 470 g/mol. The third kappa shape index (κ3) is 7.29. The molecule has 0 saturated heterocycles. The quantitative estimate of drug-likeness (QED) is 0.370. The molecule has 3 aromatic rings. The number of anilines is 1. The second-order valence-corrected chi connectivity index (χ2v) is 7.96. The fraction of sp³-hybridized carbons (Fsp3) is 0.200. The molecule has 0 aliphatic rings. The minimum Gasteiger partial charge on any atom is -0.492 e. The topological polar surface area (TPSA) is 67.4 Å². The molecular formula is C25H24Cl2N2O3. The van der Waals surface area contributed by atoms with Crippen LogP contribution in [0.4, 0.5) is 5.69 Å². The second kappa shape index (κ2) is 12.1. The third-order valence-electron chi connectivity index (χ3n) is 4.69. The fourth-order valence-corrected chi connectivity index (χ4v) is 3.53. The molecule has 0 spiro atoms. The molecule has 7 heteroatoms. The van der Waals surface area contributed by atoms with Crippen LogP contribution in [0.2, 0.25) is 10.0 Å². The number of carbonyl (C=O) groups is 2. The van der Waals surface area contributed by atoms with Crippen molar-refractivity contribution in [2.75, 3.05) is 18.5 Å². The van der Waals surface area contributed by atoms with Crippen molar-refractivity contribution in [2.45, 2.75) is 19.3 Å². The van der Waals surface area contributed by atoms with Crippen LogP contribution in [-0.2, 0) is 11.2 Å². The molecule has 0 aliphatic heterocycles. The van der Waals surface area contributed by atoms with E-state index >= 15 is 0 Å². The van der Waals surface area contributed by atoms with Crippen molar-refractivity contribution in [3.8, 4) is 5.75 Å².